The van der Waals surface area contributed by atoms with E-state index in [1.54, 1.807) is 0 Å². The van der Waals surface area contributed by atoms with Crippen molar-refractivity contribution in [3.8, 4) is 11.1 Å². The summed E-state index contributed by atoms with van der Waals surface area (Å²) in [6.07, 6.45) is -1.90. The Kier molecular flexibility index (Phi) is 7.07. The molecule has 0 heterocycles. The van der Waals surface area contributed by atoms with Gasteiger partial charge in [-0.2, -0.15) is 0 Å². The van der Waals surface area contributed by atoms with Crippen LogP contribution in [0.5, 0.6) is 0 Å². The molecule has 1 atom stereocenters. The van der Waals surface area contributed by atoms with Crippen LogP contribution in [-0.2, 0) is 14.3 Å². The van der Waals surface area contributed by atoms with E-state index in [4.69, 9.17) is 14.6 Å². The van der Waals surface area contributed by atoms with Gasteiger partial charge in [0.2, 0.25) is 0 Å². The molecule has 1 aliphatic rings. The number of carboxylic acid groups (broad SMARTS) is 1. The third kappa shape index (κ3) is 5.15. The maximum Gasteiger partial charge on any atom is 0.407 e. The molecule has 2 amide bonds. The van der Waals surface area contributed by atoms with Crippen molar-refractivity contribution in [2.45, 2.75) is 12.0 Å². The highest BCUT2D eigenvalue weighted by Gasteiger charge is 2.29. The molecule has 3 aromatic carbocycles. The van der Waals surface area contributed by atoms with Crippen molar-refractivity contribution >= 4 is 23.7 Å². The van der Waals surface area contributed by atoms with E-state index in [9.17, 15) is 18.8 Å². The minimum Gasteiger partial charge on any atom is -0.478 e. The fraction of sp³-hybridized carbons (Fsp3) is 0.192. The third-order valence-electron chi connectivity index (χ3n) is 5.82. The number of ether oxygens (including phenoxy) is 2. The Morgan fingerprint density at radius 3 is 2.23 bits per heavy atom. The maximum absolute atomic E-state index is 14.0. The lowest BCUT2D eigenvalue weighted by molar-refractivity contribution is -0.125. The molecule has 3 N–H and O–H groups in total. The molecule has 0 fully saturated rings. The van der Waals surface area contributed by atoms with Gasteiger partial charge in [0.25, 0.3) is 5.91 Å². The number of halogens is 1. The quantitative estimate of drug-likeness (QED) is 0.451. The lowest BCUT2D eigenvalue weighted by atomic mass is 9.98. The van der Waals surface area contributed by atoms with E-state index in [2.05, 4.69) is 10.6 Å². The molecular weight excluding hydrogens is 455 g/mol. The molecule has 3 aromatic rings. The first-order chi connectivity index (χ1) is 16.9. The van der Waals surface area contributed by atoms with Gasteiger partial charge in [0.15, 0.2) is 6.10 Å². The number of rotatable bonds is 8. The summed E-state index contributed by atoms with van der Waals surface area (Å²) in [6, 6.07) is 18.9. The van der Waals surface area contributed by atoms with Crippen LogP contribution in [0.1, 0.15) is 27.4 Å². The predicted octanol–water partition coefficient (Wildman–Crippen LogP) is 4.02. The Balaban J connectivity index is 1.34. The highest BCUT2D eigenvalue weighted by Crippen LogP contribution is 2.44. The van der Waals surface area contributed by atoms with Gasteiger partial charge in [-0.15, -0.1) is 0 Å². The monoisotopic (exact) mass is 478 g/mol. The number of hydrogen-bond acceptors (Lipinski definition) is 5. The summed E-state index contributed by atoms with van der Waals surface area (Å²) in [5, 5.41) is 13.8. The number of methoxy groups -OCH3 is 1. The fourth-order valence-corrected chi connectivity index (χ4v) is 4.08. The number of hydrogen-bond donors (Lipinski definition) is 3. The van der Waals surface area contributed by atoms with Gasteiger partial charge in [0, 0.05) is 13.0 Å². The summed E-state index contributed by atoms with van der Waals surface area (Å²) in [4.78, 5) is 35.9. The van der Waals surface area contributed by atoms with E-state index in [0.717, 1.165) is 40.5 Å². The van der Waals surface area contributed by atoms with Gasteiger partial charge in [-0.25, -0.2) is 14.0 Å². The van der Waals surface area contributed by atoms with E-state index < -0.39 is 29.9 Å². The highest BCUT2D eigenvalue weighted by molar-refractivity contribution is 5.96. The number of nitrogens with one attached hydrogen (secondary N) is 2. The van der Waals surface area contributed by atoms with Crippen LogP contribution in [0.4, 0.5) is 14.9 Å². The first-order valence-electron chi connectivity index (χ1n) is 10.8. The van der Waals surface area contributed by atoms with Crippen LogP contribution in [-0.4, -0.2) is 49.4 Å². The van der Waals surface area contributed by atoms with Crippen molar-refractivity contribution in [1.82, 2.24) is 5.32 Å². The van der Waals surface area contributed by atoms with E-state index in [1.165, 1.54) is 7.11 Å². The van der Waals surface area contributed by atoms with Gasteiger partial charge in [0.05, 0.1) is 17.8 Å². The zero-order chi connectivity index (χ0) is 24.9. The topological polar surface area (TPSA) is 114 Å². The van der Waals surface area contributed by atoms with Crippen LogP contribution in [0.3, 0.4) is 0 Å². The van der Waals surface area contributed by atoms with Crippen molar-refractivity contribution in [3.63, 3.8) is 0 Å². The molecule has 4 rings (SSSR count). The van der Waals surface area contributed by atoms with Crippen LogP contribution >= 0.6 is 0 Å². The maximum atomic E-state index is 14.0. The number of carbonyl (C=O) groups is 3. The van der Waals surface area contributed by atoms with E-state index in [1.807, 2.05) is 48.5 Å². The number of fused-ring (bicyclic) bond motifs is 3. The molecule has 0 spiro atoms. The van der Waals surface area contributed by atoms with Crippen LogP contribution in [0.25, 0.3) is 11.1 Å². The second-order valence-electron chi connectivity index (χ2n) is 7.92. The lowest BCUT2D eigenvalue weighted by Crippen LogP contribution is -2.41. The summed E-state index contributed by atoms with van der Waals surface area (Å²) < 4.78 is 24.5. The molecule has 35 heavy (non-hydrogen) atoms. The minimum absolute atomic E-state index is 0.108. The Morgan fingerprint density at radius 2 is 1.63 bits per heavy atom. The van der Waals surface area contributed by atoms with Crippen molar-refractivity contribution in [1.29, 1.82) is 0 Å². The third-order valence-corrected chi connectivity index (χ3v) is 5.82. The van der Waals surface area contributed by atoms with Crippen molar-refractivity contribution in [2.75, 3.05) is 25.6 Å². The van der Waals surface area contributed by atoms with Gasteiger partial charge >= 0.3 is 12.1 Å². The van der Waals surface area contributed by atoms with E-state index in [0.29, 0.717) is 0 Å². The molecule has 0 radical (unpaired) electrons. The van der Waals surface area contributed by atoms with E-state index >= 15 is 0 Å². The molecule has 1 unspecified atom stereocenters. The number of benzene rings is 3. The number of carboxylic acids is 1. The SMILES string of the molecule is COC(CNC(=O)OCC1c2ccccc2-c2ccccc21)C(=O)Nc1cc(C(=O)O)ccc1F. The molecule has 0 aromatic heterocycles. The summed E-state index contributed by atoms with van der Waals surface area (Å²) in [7, 11) is 1.26. The zero-order valence-corrected chi connectivity index (χ0v) is 18.8. The molecule has 1 aliphatic carbocycles. The largest absolute Gasteiger partial charge is 0.478 e. The normalized spacial score (nSPS) is 12.9. The molecule has 8 nitrogen and oxygen atoms in total. The van der Waals surface area contributed by atoms with Crippen LogP contribution in [0.2, 0.25) is 0 Å². The first kappa shape index (κ1) is 23.9. The number of aromatic carboxylic acids is 1. The summed E-state index contributed by atoms with van der Waals surface area (Å²) in [5.41, 5.74) is 3.85. The smallest absolute Gasteiger partial charge is 0.407 e. The number of carbonyl (C=O) groups excluding carboxylic acids is 2. The predicted molar refractivity (Wildman–Crippen MR) is 126 cm³/mol. The Hall–Kier alpha value is -4.24. The summed E-state index contributed by atoms with van der Waals surface area (Å²) in [5.74, 6) is -2.93. The number of alkyl carbamates (subject to hydrolysis) is 1. The molecule has 0 aliphatic heterocycles. The van der Waals surface area contributed by atoms with E-state index in [-0.39, 0.29) is 30.3 Å². The molecular formula is C26H23FN2O6. The van der Waals surface area contributed by atoms with Gasteiger partial charge in [-0.3, -0.25) is 4.79 Å². The molecule has 0 bridgehead atoms. The van der Waals surface area contributed by atoms with Crippen molar-refractivity contribution in [2.24, 2.45) is 0 Å². The van der Waals surface area contributed by atoms with Crippen LogP contribution < -0.4 is 10.6 Å². The first-order valence-corrected chi connectivity index (χ1v) is 10.8. The number of anilines is 1. The lowest BCUT2D eigenvalue weighted by Gasteiger charge is -2.18. The molecule has 0 saturated heterocycles. The fourth-order valence-electron chi connectivity index (χ4n) is 4.08. The summed E-state index contributed by atoms with van der Waals surface area (Å²) in [6.45, 7) is -0.129. The van der Waals surface area contributed by atoms with Crippen molar-refractivity contribution < 1.29 is 33.4 Å². The minimum atomic E-state index is -1.26. The van der Waals surface area contributed by atoms with Gasteiger partial charge in [0.1, 0.15) is 12.4 Å². The zero-order valence-electron chi connectivity index (χ0n) is 18.8. The van der Waals surface area contributed by atoms with Crippen LogP contribution in [0, 0.1) is 5.82 Å². The van der Waals surface area contributed by atoms with Gasteiger partial charge < -0.3 is 25.2 Å². The average molecular weight is 478 g/mol. The van der Waals surface area contributed by atoms with Crippen LogP contribution in [0.15, 0.2) is 66.7 Å². The summed E-state index contributed by atoms with van der Waals surface area (Å²) >= 11 is 0. The molecule has 9 heteroatoms. The second-order valence-corrected chi connectivity index (χ2v) is 7.92. The highest BCUT2D eigenvalue weighted by atomic mass is 19.1. The molecule has 0 saturated carbocycles. The molecule has 180 valence electrons. The average Bonchev–Trinajstić information content (AvgIpc) is 3.18. The number of amides is 2. The van der Waals surface area contributed by atoms with Gasteiger partial charge in [-0.1, -0.05) is 48.5 Å². The van der Waals surface area contributed by atoms with Gasteiger partial charge in [-0.05, 0) is 40.5 Å². The standard InChI is InChI=1S/C26H23FN2O6/c1-34-23(24(30)29-22-12-15(25(31)32)10-11-21(22)27)13-28-26(33)35-14-20-18-8-4-2-6-16(18)17-7-3-5-9-19(17)20/h2-12,20,23H,13-14H2,1H3,(H,28,33)(H,29,30)(H,31,32). The Bertz CT molecular complexity index is 1230. The van der Waals surface area contributed by atoms with Crippen molar-refractivity contribution in [3.05, 3.63) is 89.2 Å². The second kappa shape index (κ2) is 10.4. The Morgan fingerprint density at radius 1 is 1.00 bits per heavy atom. The Labute approximate surface area is 200 Å².